The lowest BCUT2D eigenvalue weighted by Crippen LogP contribution is -2.61. The van der Waals surface area contributed by atoms with Gasteiger partial charge in [-0.15, -0.1) is 0 Å². The first-order valence-electron chi connectivity index (χ1n) is 6.97. The molecule has 2 heterocycles. The summed E-state index contributed by atoms with van der Waals surface area (Å²) < 4.78 is 15.8. The lowest BCUT2D eigenvalue weighted by Gasteiger charge is -2.42. The average molecular weight is 322 g/mol. The molecule has 22 heavy (non-hydrogen) atoms. The third kappa shape index (κ3) is 3.48. The molecule has 2 rings (SSSR count). The first-order valence-corrected chi connectivity index (χ1v) is 6.97. The predicted octanol–water partition coefficient (Wildman–Crippen LogP) is -3.17. The number of aliphatic hydroxyl groups is 6. The van der Waals surface area contributed by atoms with Gasteiger partial charge in [0.2, 0.25) is 0 Å². The smallest absolute Gasteiger partial charge is 0.188 e. The van der Waals surface area contributed by atoms with E-state index in [1.165, 1.54) is 6.08 Å². The number of hydrogen-bond donors (Lipinski definition) is 6. The molecular formula is C13H22O9. The molecule has 2 aliphatic heterocycles. The van der Waals surface area contributed by atoms with E-state index in [4.69, 9.17) is 14.2 Å². The Bertz CT molecular complexity index is 399. The summed E-state index contributed by atoms with van der Waals surface area (Å²) in [5.41, 5.74) is 0.629. The van der Waals surface area contributed by atoms with E-state index in [-0.39, 0.29) is 6.61 Å². The Labute approximate surface area is 127 Å². The normalized spacial score (nSPS) is 46.4. The minimum absolute atomic E-state index is 0.316. The Morgan fingerprint density at radius 3 is 2.32 bits per heavy atom. The van der Waals surface area contributed by atoms with Crippen LogP contribution >= 0.6 is 0 Å². The molecule has 9 heteroatoms. The summed E-state index contributed by atoms with van der Waals surface area (Å²) in [6, 6.07) is 0. The van der Waals surface area contributed by atoms with Crippen LogP contribution in [0.2, 0.25) is 0 Å². The van der Waals surface area contributed by atoms with Gasteiger partial charge in [-0.2, -0.15) is 0 Å². The highest BCUT2D eigenvalue weighted by Gasteiger charge is 2.46. The predicted molar refractivity (Wildman–Crippen MR) is 70.4 cm³/mol. The van der Waals surface area contributed by atoms with Crippen LogP contribution in [0.3, 0.4) is 0 Å². The van der Waals surface area contributed by atoms with Crippen molar-refractivity contribution >= 4 is 0 Å². The van der Waals surface area contributed by atoms with Crippen molar-refractivity contribution < 1.29 is 44.8 Å². The summed E-state index contributed by atoms with van der Waals surface area (Å²) in [5.74, 6) is 0. The van der Waals surface area contributed by atoms with Gasteiger partial charge >= 0.3 is 0 Å². The van der Waals surface area contributed by atoms with E-state index in [1.54, 1.807) is 6.92 Å². The second kappa shape index (κ2) is 7.30. The molecule has 9 nitrogen and oxygen atoms in total. The SMILES string of the molecule is CC1=C[C@H](O)C(OC2C(CO)OC(O)C(O)C2O)OC1CO. The fourth-order valence-corrected chi connectivity index (χ4v) is 2.49. The zero-order valence-electron chi connectivity index (χ0n) is 12.0. The molecule has 6 N–H and O–H groups in total. The van der Waals surface area contributed by atoms with Gasteiger partial charge in [0.1, 0.15) is 36.6 Å². The minimum atomic E-state index is -1.66. The summed E-state index contributed by atoms with van der Waals surface area (Å²) >= 11 is 0. The maximum absolute atomic E-state index is 9.97. The molecule has 0 amide bonds. The second-order valence-electron chi connectivity index (χ2n) is 5.41. The first kappa shape index (κ1) is 17.7. The van der Waals surface area contributed by atoms with Crippen molar-refractivity contribution in [1.29, 1.82) is 0 Å². The van der Waals surface area contributed by atoms with Crippen LogP contribution in [-0.2, 0) is 14.2 Å². The van der Waals surface area contributed by atoms with Crippen molar-refractivity contribution in [2.45, 2.75) is 56.1 Å². The van der Waals surface area contributed by atoms with E-state index in [0.29, 0.717) is 5.57 Å². The topological polar surface area (TPSA) is 149 Å². The van der Waals surface area contributed by atoms with Crippen LogP contribution in [0.25, 0.3) is 0 Å². The molecule has 1 fully saturated rings. The fourth-order valence-electron chi connectivity index (χ4n) is 2.49. The van der Waals surface area contributed by atoms with Gasteiger partial charge in [0.25, 0.3) is 0 Å². The van der Waals surface area contributed by atoms with Crippen molar-refractivity contribution in [3.63, 3.8) is 0 Å². The van der Waals surface area contributed by atoms with Crippen molar-refractivity contribution in [3.05, 3.63) is 11.6 Å². The number of hydrogen-bond acceptors (Lipinski definition) is 9. The molecule has 128 valence electrons. The number of aliphatic hydroxyl groups excluding tert-OH is 6. The minimum Gasteiger partial charge on any atom is -0.394 e. The highest BCUT2D eigenvalue weighted by Crippen LogP contribution is 2.27. The summed E-state index contributed by atoms with van der Waals surface area (Å²) in [5, 5.41) is 57.4. The van der Waals surface area contributed by atoms with E-state index < -0.39 is 55.8 Å². The summed E-state index contributed by atoms with van der Waals surface area (Å²) in [6.45, 7) is 0.783. The maximum Gasteiger partial charge on any atom is 0.188 e. The van der Waals surface area contributed by atoms with Crippen LogP contribution in [0.4, 0.5) is 0 Å². The van der Waals surface area contributed by atoms with Crippen LogP contribution in [0.15, 0.2) is 11.6 Å². The van der Waals surface area contributed by atoms with Crippen molar-refractivity contribution in [2.24, 2.45) is 0 Å². The summed E-state index contributed by atoms with van der Waals surface area (Å²) in [7, 11) is 0. The van der Waals surface area contributed by atoms with Crippen molar-refractivity contribution in [2.75, 3.05) is 13.2 Å². The molecule has 7 unspecified atom stereocenters. The monoisotopic (exact) mass is 322 g/mol. The lowest BCUT2D eigenvalue weighted by molar-refractivity contribution is -0.328. The largest absolute Gasteiger partial charge is 0.394 e. The van der Waals surface area contributed by atoms with E-state index in [2.05, 4.69) is 0 Å². The molecule has 0 aromatic rings. The third-order valence-electron chi connectivity index (χ3n) is 3.82. The quantitative estimate of drug-likeness (QED) is 0.295. The molecule has 2 aliphatic rings. The molecule has 0 spiro atoms. The molecule has 1 saturated heterocycles. The van der Waals surface area contributed by atoms with E-state index in [1.807, 2.05) is 0 Å². The maximum atomic E-state index is 9.97. The van der Waals surface area contributed by atoms with E-state index in [0.717, 1.165) is 0 Å². The van der Waals surface area contributed by atoms with Gasteiger partial charge in [-0.3, -0.25) is 0 Å². The first-order chi connectivity index (χ1) is 10.4. The zero-order valence-corrected chi connectivity index (χ0v) is 12.0. The van der Waals surface area contributed by atoms with Gasteiger partial charge in [0.05, 0.1) is 13.2 Å². The fraction of sp³-hybridized carbons (Fsp3) is 0.846. The van der Waals surface area contributed by atoms with Crippen LogP contribution in [0.5, 0.6) is 0 Å². The van der Waals surface area contributed by atoms with Gasteiger partial charge in [0.15, 0.2) is 12.6 Å². The molecular weight excluding hydrogens is 300 g/mol. The van der Waals surface area contributed by atoms with Gasteiger partial charge in [-0.05, 0) is 18.6 Å². The Morgan fingerprint density at radius 1 is 1.05 bits per heavy atom. The molecule has 0 bridgehead atoms. The standard InChI is InChI=1S/C13H22O9/c1-5-2-6(16)13(21-7(5)3-14)22-11-8(4-15)20-12(19)10(18)9(11)17/h2,6-19H,3-4H2,1H3/t6-,7?,8?,9?,10?,11?,12?,13?/m0/s1. The zero-order chi connectivity index (χ0) is 16.4. The second-order valence-corrected chi connectivity index (χ2v) is 5.41. The Balaban J connectivity index is 2.10. The van der Waals surface area contributed by atoms with E-state index >= 15 is 0 Å². The Morgan fingerprint density at radius 2 is 1.73 bits per heavy atom. The van der Waals surface area contributed by atoms with Crippen LogP contribution in [0, 0.1) is 0 Å². The molecule has 0 aliphatic carbocycles. The highest BCUT2D eigenvalue weighted by molar-refractivity contribution is 5.12. The Kier molecular flexibility index (Phi) is 5.88. The summed E-state index contributed by atoms with van der Waals surface area (Å²) in [6.07, 6.45) is -8.76. The van der Waals surface area contributed by atoms with Crippen molar-refractivity contribution in [3.8, 4) is 0 Å². The number of ether oxygens (including phenoxy) is 3. The number of rotatable bonds is 4. The van der Waals surface area contributed by atoms with Gasteiger partial charge < -0.3 is 44.8 Å². The molecule has 0 aromatic carbocycles. The molecule has 0 saturated carbocycles. The van der Waals surface area contributed by atoms with Gasteiger partial charge in [-0.25, -0.2) is 0 Å². The van der Waals surface area contributed by atoms with Crippen LogP contribution in [0.1, 0.15) is 6.92 Å². The van der Waals surface area contributed by atoms with Crippen LogP contribution < -0.4 is 0 Å². The molecule has 0 aromatic heterocycles. The lowest BCUT2D eigenvalue weighted by atomic mass is 9.98. The van der Waals surface area contributed by atoms with Gasteiger partial charge in [0, 0.05) is 0 Å². The highest BCUT2D eigenvalue weighted by atomic mass is 16.7. The van der Waals surface area contributed by atoms with Crippen molar-refractivity contribution in [1.82, 2.24) is 0 Å². The molecule has 8 atom stereocenters. The average Bonchev–Trinajstić information content (AvgIpc) is 2.49. The Hall–Kier alpha value is -0.620. The summed E-state index contributed by atoms with van der Waals surface area (Å²) in [4.78, 5) is 0. The van der Waals surface area contributed by atoms with Crippen LogP contribution in [-0.4, -0.2) is 93.1 Å². The van der Waals surface area contributed by atoms with E-state index in [9.17, 15) is 30.6 Å². The van der Waals surface area contributed by atoms with Gasteiger partial charge in [-0.1, -0.05) is 0 Å². The third-order valence-corrected chi connectivity index (χ3v) is 3.82. The molecule has 0 radical (unpaired) electrons.